The summed E-state index contributed by atoms with van der Waals surface area (Å²) in [4.78, 5) is 26.1. The Morgan fingerprint density at radius 1 is 1.15 bits per heavy atom. The summed E-state index contributed by atoms with van der Waals surface area (Å²) in [7, 11) is 0. The van der Waals surface area contributed by atoms with Crippen molar-refractivity contribution >= 4 is 11.8 Å². The number of carbonyl (C=O) groups excluding carboxylic acids is 2. The van der Waals surface area contributed by atoms with E-state index in [0.29, 0.717) is 31.1 Å². The van der Waals surface area contributed by atoms with E-state index in [9.17, 15) is 22.8 Å². The maximum absolute atomic E-state index is 12.5. The third-order valence-corrected chi connectivity index (χ3v) is 5.24. The van der Waals surface area contributed by atoms with Gasteiger partial charge in [-0.3, -0.25) is 9.59 Å². The molecule has 1 aliphatic heterocycles. The van der Waals surface area contributed by atoms with Crippen molar-refractivity contribution in [2.24, 2.45) is 5.92 Å². The Kier molecular flexibility index (Phi) is 5.53. The standard InChI is InChI=1S/C19H23F3N2O2/c20-19(21,22)15-7-5-13(6-8-15)9-17(25)23-11-14-10-18(26)24(12-14)16-3-1-2-4-16/h5-8,14,16H,1-4,9-12H2,(H,23,25)/t14-/m0/s1. The zero-order chi connectivity index (χ0) is 18.7. The summed E-state index contributed by atoms with van der Waals surface area (Å²) < 4.78 is 37.6. The number of amides is 2. The van der Waals surface area contributed by atoms with Gasteiger partial charge in [0.2, 0.25) is 11.8 Å². The molecule has 1 atom stereocenters. The second kappa shape index (κ2) is 7.68. The van der Waals surface area contributed by atoms with Crippen molar-refractivity contribution in [1.82, 2.24) is 10.2 Å². The lowest BCUT2D eigenvalue weighted by Crippen LogP contribution is -2.36. The molecule has 2 amide bonds. The molecule has 2 fully saturated rings. The van der Waals surface area contributed by atoms with Crippen LogP contribution in [0.15, 0.2) is 24.3 Å². The van der Waals surface area contributed by atoms with Gasteiger partial charge in [0.1, 0.15) is 0 Å². The van der Waals surface area contributed by atoms with E-state index < -0.39 is 11.7 Å². The number of benzene rings is 1. The van der Waals surface area contributed by atoms with E-state index in [1.807, 2.05) is 4.90 Å². The Hall–Kier alpha value is -2.05. The molecule has 3 rings (SSSR count). The lowest BCUT2D eigenvalue weighted by atomic mass is 10.1. The van der Waals surface area contributed by atoms with Gasteiger partial charge in [0.25, 0.3) is 0 Å². The van der Waals surface area contributed by atoms with Crippen molar-refractivity contribution in [2.45, 2.75) is 50.7 Å². The normalized spacial score (nSPS) is 21.4. The zero-order valence-electron chi connectivity index (χ0n) is 14.5. The predicted molar refractivity (Wildman–Crippen MR) is 90.2 cm³/mol. The van der Waals surface area contributed by atoms with Crippen LogP contribution in [0.25, 0.3) is 0 Å². The minimum absolute atomic E-state index is 0.0329. The summed E-state index contributed by atoms with van der Waals surface area (Å²) in [5, 5.41) is 2.81. The Morgan fingerprint density at radius 3 is 2.42 bits per heavy atom. The molecule has 1 aromatic carbocycles. The average molecular weight is 368 g/mol. The first kappa shape index (κ1) is 18.7. The molecule has 0 spiro atoms. The van der Waals surface area contributed by atoms with Crippen LogP contribution < -0.4 is 5.32 Å². The molecule has 1 N–H and O–H groups in total. The average Bonchev–Trinajstić information content (AvgIpc) is 3.22. The van der Waals surface area contributed by atoms with Gasteiger partial charge in [-0.2, -0.15) is 13.2 Å². The van der Waals surface area contributed by atoms with Crippen LogP contribution in [0.5, 0.6) is 0 Å². The summed E-state index contributed by atoms with van der Waals surface area (Å²) in [5.74, 6) is 0.0371. The minimum Gasteiger partial charge on any atom is -0.355 e. The number of halogens is 3. The Labute approximate surface area is 150 Å². The quantitative estimate of drug-likeness (QED) is 0.868. The van der Waals surface area contributed by atoms with Crippen LogP contribution in [0, 0.1) is 5.92 Å². The number of alkyl halides is 3. The summed E-state index contributed by atoms with van der Waals surface area (Å²) in [6.07, 6.45) is 0.590. The molecule has 0 radical (unpaired) electrons. The first-order valence-electron chi connectivity index (χ1n) is 9.05. The molecular formula is C19H23F3N2O2. The third kappa shape index (κ3) is 4.56. The van der Waals surface area contributed by atoms with E-state index in [0.717, 1.165) is 25.0 Å². The van der Waals surface area contributed by atoms with Crippen LogP contribution in [0.4, 0.5) is 13.2 Å². The van der Waals surface area contributed by atoms with Crippen LogP contribution in [0.3, 0.4) is 0 Å². The van der Waals surface area contributed by atoms with Crippen molar-refractivity contribution < 1.29 is 22.8 Å². The van der Waals surface area contributed by atoms with E-state index in [1.54, 1.807) is 0 Å². The number of nitrogens with one attached hydrogen (secondary N) is 1. The summed E-state index contributed by atoms with van der Waals surface area (Å²) >= 11 is 0. The van der Waals surface area contributed by atoms with Crippen LogP contribution in [0.2, 0.25) is 0 Å². The number of likely N-dealkylation sites (tertiary alicyclic amines) is 1. The molecule has 1 heterocycles. The summed E-state index contributed by atoms with van der Waals surface area (Å²) in [6, 6.07) is 4.97. The Balaban J connectivity index is 1.45. The molecular weight excluding hydrogens is 345 g/mol. The van der Waals surface area contributed by atoms with Gasteiger partial charge < -0.3 is 10.2 Å². The van der Waals surface area contributed by atoms with E-state index in [-0.39, 0.29) is 24.2 Å². The van der Waals surface area contributed by atoms with Gasteiger partial charge >= 0.3 is 6.18 Å². The van der Waals surface area contributed by atoms with Crippen molar-refractivity contribution in [3.05, 3.63) is 35.4 Å². The largest absolute Gasteiger partial charge is 0.416 e. The molecule has 4 nitrogen and oxygen atoms in total. The number of rotatable bonds is 5. The van der Waals surface area contributed by atoms with Crippen molar-refractivity contribution in [1.29, 1.82) is 0 Å². The lowest BCUT2D eigenvalue weighted by molar-refractivity contribution is -0.137. The second-order valence-electron chi connectivity index (χ2n) is 7.23. The molecule has 1 saturated heterocycles. The number of hydrogen-bond acceptors (Lipinski definition) is 2. The van der Waals surface area contributed by atoms with Gasteiger partial charge in [-0.1, -0.05) is 25.0 Å². The number of nitrogens with zero attached hydrogens (tertiary/aromatic N) is 1. The summed E-state index contributed by atoms with van der Waals surface area (Å²) in [6.45, 7) is 1.11. The highest BCUT2D eigenvalue weighted by Gasteiger charge is 2.35. The molecule has 2 aliphatic rings. The van der Waals surface area contributed by atoms with Crippen molar-refractivity contribution in [2.75, 3.05) is 13.1 Å². The van der Waals surface area contributed by atoms with E-state index in [1.165, 1.54) is 25.0 Å². The van der Waals surface area contributed by atoms with E-state index in [4.69, 9.17) is 0 Å². The Morgan fingerprint density at radius 2 is 1.81 bits per heavy atom. The summed E-state index contributed by atoms with van der Waals surface area (Å²) in [5.41, 5.74) is -0.191. The molecule has 142 valence electrons. The Bertz CT molecular complexity index is 652. The molecule has 7 heteroatoms. The van der Waals surface area contributed by atoms with E-state index in [2.05, 4.69) is 5.32 Å². The molecule has 0 aromatic heterocycles. The SMILES string of the molecule is O=C(Cc1ccc(C(F)(F)F)cc1)NC[C@@H]1CC(=O)N(C2CCCC2)C1. The highest BCUT2D eigenvalue weighted by Crippen LogP contribution is 2.30. The molecule has 0 bridgehead atoms. The molecule has 26 heavy (non-hydrogen) atoms. The second-order valence-corrected chi connectivity index (χ2v) is 7.23. The first-order chi connectivity index (χ1) is 12.3. The van der Waals surface area contributed by atoms with Gasteiger partial charge in [0.05, 0.1) is 12.0 Å². The fourth-order valence-corrected chi connectivity index (χ4v) is 3.83. The highest BCUT2D eigenvalue weighted by molar-refractivity contribution is 5.80. The molecule has 1 aromatic rings. The van der Waals surface area contributed by atoms with Gasteiger partial charge in [0.15, 0.2) is 0 Å². The van der Waals surface area contributed by atoms with Gasteiger partial charge in [-0.25, -0.2) is 0 Å². The minimum atomic E-state index is -4.37. The van der Waals surface area contributed by atoms with Gasteiger partial charge in [-0.15, -0.1) is 0 Å². The van der Waals surface area contributed by atoms with Crippen LogP contribution in [-0.4, -0.2) is 35.8 Å². The number of hydrogen-bond donors (Lipinski definition) is 1. The maximum atomic E-state index is 12.5. The van der Waals surface area contributed by atoms with Crippen molar-refractivity contribution in [3.8, 4) is 0 Å². The molecule has 0 unspecified atom stereocenters. The van der Waals surface area contributed by atoms with Crippen LogP contribution >= 0.6 is 0 Å². The molecule has 1 aliphatic carbocycles. The molecule has 1 saturated carbocycles. The monoisotopic (exact) mass is 368 g/mol. The van der Waals surface area contributed by atoms with Gasteiger partial charge in [0, 0.05) is 31.5 Å². The van der Waals surface area contributed by atoms with E-state index >= 15 is 0 Å². The first-order valence-corrected chi connectivity index (χ1v) is 9.05. The maximum Gasteiger partial charge on any atom is 0.416 e. The predicted octanol–water partition coefficient (Wildman–Crippen LogP) is 3.16. The highest BCUT2D eigenvalue weighted by atomic mass is 19.4. The number of carbonyl (C=O) groups is 2. The van der Waals surface area contributed by atoms with Crippen LogP contribution in [0.1, 0.15) is 43.2 Å². The smallest absolute Gasteiger partial charge is 0.355 e. The van der Waals surface area contributed by atoms with Gasteiger partial charge in [-0.05, 0) is 30.5 Å². The third-order valence-electron chi connectivity index (χ3n) is 5.24. The lowest BCUT2D eigenvalue weighted by Gasteiger charge is -2.24. The topological polar surface area (TPSA) is 49.4 Å². The fourth-order valence-electron chi connectivity index (χ4n) is 3.83. The van der Waals surface area contributed by atoms with Crippen LogP contribution in [-0.2, 0) is 22.2 Å². The zero-order valence-corrected chi connectivity index (χ0v) is 14.5. The van der Waals surface area contributed by atoms with Crippen molar-refractivity contribution in [3.63, 3.8) is 0 Å². The fraction of sp³-hybridized carbons (Fsp3) is 0.579.